The van der Waals surface area contributed by atoms with Crippen LogP contribution in [-0.4, -0.2) is 30.4 Å². The van der Waals surface area contributed by atoms with E-state index in [1.54, 1.807) is 0 Å². The Balaban J connectivity index is 1.35. The highest BCUT2D eigenvalue weighted by molar-refractivity contribution is 7.89. The lowest BCUT2D eigenvalue weighted by atomic mass is 10.1. The first-order valence-corrected chi connectivity index (χ1v) is 9.14. The van der Waals surface area contributed by atoms with Gasteiger partial charge in [0.2, 0.25) is 27.7 Å². The van der Waals surface area contributed by atoms with Crippen LogP contribution >= 0.6 is 0 Å². The average molecular weight is 347 g/mol. The van der Waals surface area contributed by atoms with Gasteiger partial charge in [0.1, 0.15) is 5.75 Å². The number of sulfonamides is 1. The molecular weight excluding hydrogens is 332 g/mol. The van der Waals surface area contributed by atoms with Gasteiger partial charge >= 0.3 is 0 Å². The van der Waals surface area contributed by atoms with Gasteiger partial charge in [0.05, 0.1) is 0 Å². The molecule has 3 fully saturated rings. The summed E-state index contributed by atoms with van der Waals surface area (Å²) >= 11 is 0. The van der Waals surface area contributed by atoms with Gasteiger partial charge in [-0.3, -0.25) is 9.52 Å². The molecule has 0 aliphatic heterocycles. The molecule has 1 aromatic heterocycles. The van der Waals surface area contributed by atoms with Crippen molar-refractivity contribution in [1.29, 1.82) is 0 Å². The highest BCUT2D eigenvalue weighted by atomic mass is 32.2. The molecule has 0 aromatic carbocycles. The number of nitrogens with zero attached hydrogens (tertiary/aromatic N) is 2. The van der Waals surface area contributed by atoms with E-state index in [2.05, 4.69) is 10.1 Å². The summed E-state index contributed by atoms with van der Waals surface area (Å²) in [6, 6.07) is 0. The fraction of sp³-hybridized carbons (Fsp3) is 0.769. The molecule has 4 rings (SSSR count). The van der Waals surface area contributed by atoms with E-state index in [1.807, 2.05) is 4.72 Å². The van der Waals surface area contributed by atoms with Crippen LogP contribution in [0.2, 0.25) is 0 Å². The summed E-state index contributed by atoms with van der Waals surface area (Å²) in [5.74, 6) is -4.82. The van der Waals surface area contributed by atoms with Crippen molar-refractivity contribution in [3.05, 3.63) is 11.7 Å². The summed E-state index contributed by atoms with van der Waals surface area (Å²) in [6.45, 7) is 0. The molecule has 1 amide bonds. The molecule has 1 heterocycles. The number of hydrogen-bond acceptors (Lipinski definition) is 6. The lowest BCUT2D eigenvalue weighted by Gasteiger charge is -2.12. The lowest BCUT2D eigenvalue weighted by molar-refractivity contribution is -0.122. The number of rotatable bonds is 5. The van der Waals surface area contributed by atoms with E-state index in [1.165, 1.54) is 0 Å². The highest BCUT2D eigenvalue weighted by Crippen LogP contribution is 2.62. The molecule has 3 aliphatic rings. The quantitative estimate of drug-likeness (QED) is 0.858. The summed E-state index contributed by atoms with van der Waals surface area (Å²) in [5.41, 5.74) is 0. The van der Waals surface area contributed by atoms with Crippen molar-refractivity contribution in [3.63, 3.8) is 0 Å². The minimum Gasteiger partial charge on any atom is -0.339 e. The average Bonchev–Trinajstić information content (AvgIpc) is 3.28. The van der Waals surface area contributed by atoms with Crippen LogP contribution < -0.4 is 4.72 Å². The van der Waals surface area contributed by atoms with E-state index >= 15 is 0 Å². The van der Waals surface area contributed by atoms with Crippen LogP contribution in [-0.2, 0) is 20.6 Å². The van der Waals surface area contributed by atoms with Crippen molar-refractivity contribution in [2.75, 3.05) is 0 Å². The van der Waals surface area contributed by atoms with Gasteiger partial charge in [0.15, 0.2) is 5.82 Å². The number of amides is 1. The van der Waals surface area contributed by atoms with Gasteiger partial charge in [-0.05, 0) is 24.7 Å². The molecule has 3 atom stereocenters. The fourth-order valence-corrected chi connectivity index (χ4v) is 4.39. The molecular formula is C13H15F2N3O4S. The van der Waals surface area contributed by atoms with E-state index in [0.29, 0.717) is 5.89 Å². The van der Waals surface area contributed by atoms with Crippen molar-refractivity contribution in [1.82, 2.24) is 14.9 Å². The molecule has 3 aliphatic carbocycles. The molecule has 0 radical (unpaired) electrons. The zero-order valence-corrected chi connectivity index (χ0v) is 12.9. The Labute approximate surface area is 130 Å². The SMILES string of the molecule is O=C(NS(=O)(=O)Cc1noc(C2CC2)n1)C1[C@H]2CC(F)(F)C[C@@H]12. The van der Waals surface area contributed by atoms with Crippen LogP contribution in [0.5, 0.6) is 0 Å². The monoisotopic (exact) mass is 347 g/mol. The fourth-order valence-electron chi connectivity index (χ4n) is 3.41. The largest absolute Gasteiger partial charge is 0.339 e. The van der Waals surface area contributed by atoms with E-state index < -0.39 is 45.4 Å². The van der Waals surface area contributed by atoms with Crippen LogP contribution in [0.15, 0.2) is 4.52 Å². The molecule has 0 spiro atoms. The second kappa shape index (κ2) is 4.71. The summed E-state index contributed by atoms with van der Waals surface area (Å²) in [5, 5.41) is 3.59. The molecule has 3 saturated carbocycles. The summed E-state index contributed by atoms with van der Waals surface area (Å²) in [7, 11) is -3.96. The number of fused-ring (bicyclic) bond motifs is 1. The van der Waals surface area contributed by atoms with Crippen LogP contribution in [0.25, 0.3) is 0 Å². The maximum atomic E-state index is 13.1. The topological polar surface area (TPSA) is 102 Å². The van der Waals surface area contributed by atoms with Crippen molar-refractivity contribution < 1.29 is 26.5 Å². The summed E-state index contributed by atoms with van der Waals surface area (Å²) < 4.78 is 57.0. The Morgan fingerprint density at radius 2 is 1.96 bits per heavy atom. The predicted octanol–water partition coefficient (Wildman–Crippen LogP) is 1.18. The van der Waals surface area contributed by atoms with Gasteiger partial charge in [-0.15, -0.1) is 0 Å². The predicted molar refractivity (Wildman–Crippen MR) is 71.7 cm³/mol. The van der Waals surface area contributed by atoms with Gasteiger partial charge in [-0.25, -0.2) is 17.2 Å². The van der Waals surface area contributed by atoms with Gasteiger partial charge in [-0.1, -0.05) is 5.16 Å². The first kappa shape index (κ1) is 15.0. The van der Waals surface area contributed by atoms with Crippen molar-refractivity contribution in [3.8, 4) is 0 Å². The van der Waals surface area contributed by atoms with Gasteiger partial charge in [-0.2, -0.15) is 4.98 Å². The highest BCUT2D eigenvalue weighted by Gasteiger charge is 2.65. The van der Waals surface area contributed by atoms with E-state index in [0.717, 1.165) is 12.8 Å². The van der Waals surface area contributed by atoms with Crippen LogP contribution in [0.1, 0.15) is 43.3 Å². The standard InChI is InChI=1S/C13H15F2N3O4S/c14-13(15)3-7-8(4-13)10(7)11(19)18-23(20,21)5-9-16-12(22-17-9)6-1-2-6/h6-8,10H,1-5H2,(H,18,19)/t7-,8+,10?. The van der Waals surface area contributed by atoms with Crippen LogP contribution in [0.4, 0.5) is 8.78 Å². The van der Waals surface area contributed by atoms with Crippen LogP contribution in [0, 0.1) is 17.8 Å². The molecule has 126 valence electrons. The Bertz CT molecular complexity index is 745. The van der Waals surface area contributed by atoms with Crippen molar-refractivity contribution in [2.24, 2.45) is 17.8 Å². The molecule has 10 heteroatoms. The molecule has 7 nitrogen and oxygen atoms in total. The molecule has 1 N–H and O–H groups in total. The number of hydrogen-bond donors (Lipinski definition) is 1. The third-order valence-corrected chi connectivity index (χ3v) is 5.84. The lowest BCUT2D eigenvalue weighted by Crippen LogP contribution is -2.34. The maximum Gasteiger partial charge on any atom is 0.248 e. The molecule has 23 heavy (non-hydrogen) atoms. The second-order valence-electron chi connectivity index (χ2n) is 6.67. The molecule has 1 aromatic rings. The molecule has 0 bridgehead atoms. The number of halogens is 2. The number of nitrogens with one attached hydrogen (secondary N) is 1. The van der Waals surface area contributed by atoms with Gasteiger partial charge < -0.3 is 4.52 Å². The van der Waals surface area contributed by atoms with E-state index in [9.17, 15) is 22.0 Å². The zero-order valence-electron chi connectivity index (χ0n) is 12.0. The van der Waals surface area contributed by atoms with Gasteiger partial charge in [0.25, 0.3) is 0 Å². The number of aromatic nitrogens is 2. The first-order chi connectivity index (χ1) is 10.7. The van der Waals surface area contributed by atoms with Crippen molar-refractivity contribution >= 4 is 15.9 Å². The van der Waals surface area contributed by atoms with E-state index in [-0.39, 0.29) is 24.6 Å². The Morgan fingerprint density at radius 3 is 2.57 bits per heavy atom. The Morgan fingerprint density at radius 1 is 1.30 bits per heavy atom. The third-order valence-electron chi connectivity index (χ3n) is 4.69. The molecule has 0 saturated heterocycles. The Hall–Kier alpha value is -1.58. The number of carbonyl (C=O) groups is 1. The van der Waals surface area contributed by atoms with Gasteiger partial charge in [0, 0.05) is 24.7 Å². The second-order valence-corrected chi connectivity index (χ2v) is 8.39. The number of carbonyl (C=O) groups excluding carboxylic acids is 1. The third kappa shape index (κ3) is 2.96. The minimum absolute atomic E-state index is 0.00488. The van der Waals surface area contributed by atoms with Crippen LogP contribution in [0.3, 0.4) is 0 Å². The first-order valence-electron chi connectivity index (χ1n) is 7.49. The maximum absolute atomic E-state index is 13.1. The van der Waals surface area contributed by atoms with Crippen molar-refractivity contribution in [2.45, 2.75) is 43.3 Å². The molecule has 1 unspecified atom stereocenters. The zero-order chi connectivity index (χ0) is 16.4. The van der Waals surface area contributed by atoms with E-state index in [4.69, 9.17) is 4.52 Å². The normalized spacial score (nSPS) is 31.7. The summed E-state index contributed by atoms with van der Waals surface area (Å²) in [6.07, 6.45) is 1.21. The number of alkyl halides is 2. The smallest absolute Gasteiger partial charge is 0.248 e. The summed E-state index contributed by atoms with van der Waals surface area (Å²) in [4.78, 5) is 16.0. The minimum atomic E-state index is -3.96. The Kier molecular flexibility index (Phi) is 3.07.